The maximum absolute atomic E-state index is 4.69. The van der Waals surface area contributed by atoms with Crippen LogP contribution >= 0.6 is 0 Å². The van der Waals surface area contributed by atoms with Gasteiger partial charge in [0.15, 0.2) is 5.82 Å². The smallest absolute Gasteiger partial charge is 0.162 e. The fourth-order valence-electron chi connectivity index (χ4n) is 3.44. The van der Waals surface area contributed by atoms with Crippen LogP contribution in [0.3, 0.4) is 0 Å². The highest BCUT2D eigenvalue weighted by Crippen LogP contribution is 2.31. The number of nitrogens with zero attached hydrogens (tertiary/aromatic N) is 7. The second-order valence-corrected chi connectivity index (χ2v) is 7.13. The molecule has 5 aromatic heterocycles. The summed E-state index contributed by atoms with van der Waals surface area (Å²) in [5.41, 5.74) is 5.66. The summed E-state index contributed by atoms with van der Waals surface area (Å²) in [5.74, 6) is 0.649. The largest absolute Gasteiger partial charge is 0.344 e. The van der Waals surface area contributed by atoms with E-state index >= 15 is 0 Å². The van der Waals surface area contributed by atoms with E-state index < -0.39 is 0 Å². The van der Waals surface area contributed by atoms with E-state index in [0.717, 1.165) is 39.1 Å². The number of fused-ring (bicyclic) bond motifs is 1. The minimum Gasteiger partial charge on any atom is -0.344 e. The van der Waals surface area contributed by atoms with Crippen molar-refractivity contribution in [2.75, 3.05) is 0 Å². The lowest BCUT2D eigenvalue weighted by atomic mass is 10.1. The van der Waals surface area contributed by atoms with E-state index in [1.165, 1.54) is 0 Å². The fraction of sp³-hybridized carbons (Fsp3) is 0.200. The summed E-state index contributed by atoms with van der Waals surface area (Å²) in [6.45, 7) is 4.32. The lowest BCUT2D eigenvalue weighted by molar-refractivity contribution is 0.623. The molecular weight excluding hydrogens is 366 g/mol. The molecule has 0 saturated carbocycles. The maximum Gasteiger partial charge on any atom is 0.162 e. The van der Waals surface area contributed by atoms with Crippen molar-refractivity contribution in [1.82, 2.24) is 45.1 Å². The van der Waals surface area contributed by atoms with Crippen molar-refractivity contribution in [3.05, 3.63) is 60.7 Å². The Kier molecular flexibility index (Phi) is 4.12. The first kappa shape index (κ1) is 17.2. The molecule has 0 atom stereocenters. The molecule has 0 saturated heterocycles. The monoisotopic (exact) mass is 385 g/mol. The summed E-state index contributed by atoms with van der Waals surface area (Å²) in [6.07, 6.45) is 11.6. The van der Waals surface area contributed by atoms with Crippen molar-refractivity contribution in [3.63, 3.8) is 0 Å². The van der Waals surface area contributed by atoms with Gasteiger partial charge in [-0.2, -0.15) is 20.5 Å². The molecule has 0 unspecified atom stereocenters. The predicted octanol–water partition coefficient (Wildman–Crippen LogP) is 3.17. The fourth-order valence-corrected chi connectivity index (χ4v) is 3.44. The van der Waals surface area contributed by atoms with Crippen LogP contribution in [0.25, 0.3) is 33.5 Å². The summed E-state index contributed by atoms with van der Waals surface area (Å²) >= 11 is 0. The van der Waals surface area contributed by atoms with Gasteiger partial charge in [-0.05, 0) is 26.0 Å². The van der Waals surface area contributed by atoms with Crippen molar-refractivity contribution >= 4 is 10.9 Å². The Morgan fingerprint density at radius 2 is 2.00 bits per heavy atom. The topological polar surface area (TPSA) is 114 Å². The van der Waals surface area contributed by atoms with Crippen LogP contribution in [0.15, 0.2) is 49.3 Å². The minimum absolute atomic E-state index is 0.306. The van der Waals surface area contributed by atoms with Gasteiger partial charge < -0.3 is 4.57 Å². The van der Waals surface area contributed by atoms with Gasteiger partial charge in [0.2, 0.25) is 0 Å². The van der Waals surface area contributed by atoms with Crippen LogP contribution in [-0.2, 0) is 6.42 Å². The van der Waals surface area contributed by atoms with Gasteiger partial charge in [0.05, 0.1) is 29.2 Å². The number of nitrogens with one attached hydrogen (secondary N) is 2. The Labute approximate surface area is 166 Å². The van der Waals surface area contributed by atoms with Gasteiger partial charge in [-0.25, -0.2) is 9.97 Å². The zero-order chi connectivity index (χ0) is 19.8. The Morgan fingerprint density at radius 3 is 2.76 bits per heavy atom. The zero-order valence-corrected chi connectivity index (χ0v) is 16.0. The normalized spacial score (nSPS) is 11.6. The SMILES string of the molecule is CC(C)n1cc(-c2cn[nH]n2)c2cnc(Cc3ccnc(-c4cn[nH]c4)n3)cc21. The molecule has 0 aliphatic heterocycles. The Balaban J connectivity index is 1.54. The molecule has 0 aliphatic carbocycles. The number of aromatic nitrogens is 9. The second-order valence-electron chi connectivity index (χ2n) is 7.13. The average Bonchev–Trinajstić information content (AvgIpc) is 3.47. The Hall–Kier alpha value is -3.88. The molecule has 9 heteroatoms. The molecule has 9 nitrogen and oxygen atoms in total. The molecule has 0 fully saturated rings. The number of aromatic amines is 2. The van der Waals surface area contributed by atoms with Crippen molar-refractivity contribution in [2.45, 2.75) is 26.3 Å². The van der Waals surface area contributed by atoms with Crippen LogP contribution in [-0.4, -0.2) is 45.1 Å². The summed E-state index contributed by atoms with van der Waals surface area (Å²) in [4.78, 5) is 13.7. The molecule has 0 spiro atoms. The second kappa shape index (κ2) is 6.93. The quantitative estimate of drug-likeness (QED) is 0.480. The van der Waals surface area contributed by atoms with Crippen LogP contribution < -0.4 is 0 Å². The van der Waals surface area contributed by atoms with Crippen LogP contribution in [0, 0.1) is 0 Å². The van der Waals surface area contributed by atoms with Crippen LogP contribution in [0.2, 0.25) is 0 Å². The third-order valence-electron chi connectivity index (χ3n) is 4.85. The maximum atomic E-state index is 4.69. The van der Waals surface area contributed by atoms with Crippen LogP contribution in [0.4, 0.5) is 0 Å². The molecule has 144 valence electrons. The molecule has 0 bridgehead atoms. The number of pyridine rings is 1. The van der Waals surface area contributed by atoms with E-state index in [-0.39, 0.29) is 0 Å². The number of rotatable bonds is 5. The molecule has 5 aromatic rings. The predicted molar refractivity (Wildman–Crippen MR) is 108 cm³/mol. The highest BCUT2D eigenvalue weighted by atomic mass is 15.3. The molecule has 0 aromatic carbocycles. The van der Waals surface area contributed by atoms with Crippen molar-refractivity contribution in [1.29, 1.82) is 0 Å². The molecular formula is C20H19N9. The molecule has 2 N–H and O–H groups in total. The van der Waals surface area contributed by atoms with E-state index in [9.17, 15) is 0 Å². The zero-order valence-electron chi connectivity index (χ0n) is 16.0. The van der Waals surface area contributed by atoms with E-state index in [0.29, 0.717) is 18.3 Å². The summed E-state index contributed by atoms with van der Waals surface area (Å²) in [7, 11) is 0. The van der Waals surface area contributed by atoms with E-state index in [4.69, 9.17) is 0 Å². The van der Waals surface area contributed by atoms with Crippen LogP contribution in [0.1, 0.15) is 31.3 Å². The summed E-state index contributed by atoms with van der Waals surface area (Å²) < 4.78 is 2.24. The lowest BCUT2D eigenvalue weighted by Gasteiger charge is -2.10. The highest BCUT2D eigenvalue weighted by molar-refractivity contribution is 5.94. The number of hydrogen-bond acceptors (Lipinski definition) is 6. The van der Waals surface area contributed by atoms with E-state index in [2.05, 4.69) is 71.2 Å². The van der Waals surface area contributed by atoms with Gasteiger partial charge in [0.25, 0.3) is 0 Å². The first-order chi connectivity index (χ1) is 14.2. The van der Waals surface area contributed by atoms with Gasteiger partial charge in [-0.15, -0.1) is 0 Å². The van der Waals surface area contributed by atoms with Gasteiger partial charge in [-0.1, -0.05) is 0 Å². The summed E-state index contributed by atoms with van der Waals surface area (Å²) in [5, 5.41) is 18.7. The third-order valence-corrected chi connectivity index (χ3v) is 4.85. The number of H-pyrrole nitrogens is 2. The highest BCUT2D eigenvalue weighted by Gasteiger charge is 2.15. The van der Waals surface area contributed by atoms with Crippen molar-refractivity contribution in [3.8, 4) is 22.6 Å². The van der Waals surface area contributed by atoms with E-state index in [1.54, 1.807) is 24.8 Å². The first-order valence-corrected chi connectivity index (χ1v) is 9.35. The Bertz CT molecular complexity index is 1250. The minimum atomic E-state index is 0.306. The van der Waals surface area contributed by atoms with Crippen LogP contribution in [0.5, 0.6) is 0 Å². The molecule has 5 rings (SSSR count). The molecule has 29 heavy (non-hydrogen) atoms. The van der Waals surface area contributed by atoms with Gasteiger partial charge in [0.1, 0.15) is 5.69 Å². The molecule has 0 amide bonds. The van der Waals surface area contributed by atoms with Crippen molar-refractivity contribution < 1.29 is 0 Å². The van der Waals surface area contributed by atoms with Crippen molar-refractivity contribution in [2.24, 2.45) is 0 Å². The van der Waals surface area contributed by atoms with Gasteiger partial charge in [0, 0.05) is 53.9 Å². The third kappa shape index (κ3) is 3.16. The van der Waals surface area contributed by atoms with E-state index in [1.807, 2.05) is 12.3 Å². The average molecular weight is 385 g/mol. The lowest BCUT2D eigenvalue weighted by Crippen LogP contribution is -2.01. The van der Waals surface area contributed by atoms with Gasteiger partial charge >= 0.3 is 0 Å². The Morgan fingerprint density at radius 1 is 1.07 bits per heavy atom. The molecule has 5 heterocycles. The molecule has 0 radical (unpaired) electrons. The number of hydrogen-bond donors (Lipinski definition) is 2. The summed E-state index contributed by atoms with van der Waals surface area (Å²) in [6, 6.07) is 4.34. The molecule has 0 aliphatic rings. The van der Waals surface area contributed by atoms with Gasteiger partial charge in [-0.3, -0.25) is 10.1 Å². The standard InChI is InChI=1S/C20H19N9/c1-12(2)29-11-17(18-10-25-28-27-18)16-9-22-15(6-19(16)29)5-14-3-4-21-20(26-14)13-7-23-24-8-13/h3-4,6-12H,5H2,1-2H3,(H,23,24)(H,25,27,28). The first-order valence-electron chi connectivity index (χ1n) is 9.35.